The molecule has 5 nitrogen and oxygen atoms in total. The number of thiol groups is 1. The van der Waals surface area contributed by atoms with Crippen LogP contribution in [0.1, 0.15) is 18.5 Å². The summed E-state index contributed by atoms with van der Waals surface area (Å²) < 4.78 is 0. The molecule has 2 rings (SSSR count). The molecule has 2 aromatic rings. The van der Waals surface area contributed by atoms with E-state index >= 15 is 0 Å². The molecule has 106 valence electrons. The second-order valence-electron chi connectivity index (χ2n) is 4.69. The van der Waals surface area contributed by atoms with Crippen molar-refractivity contribution in [3.8, 4) is 0 Å². The second-order valence-corrected chi connectivity index (χ2v) is 5.05. The Hall–Kier alpha value is -1.95. The number of rotatable bonds is 5. The van der Waals surface area contributed by atoms with E-state index in [0.29, 0.717) is 11.3 Å². The molecular weight excluding hydrogens is 276 g/mol. The summed E-state index contributed by atoms with van der Waals surface area (Å²) in [7, 11) is 0. The molecule has 0 aliphatic rings. The van der Waals surface area contributed by atoms with Crippen molar-refractivity contribution in [1.82, 2.24) is 10.3 Å². The largest absolute Gasteiger partial charge is 0.479 e. The third-order valence-electron chi connectivity index (χ3n) is 3.17. The quantitative estimate of drug-likeness (QED) is 0.636. The smallest absolute Gasteiger partial charge is 0.330 e. The van der Waals surface area contributed by atoms with Gasteiger partial charge in [-0.25, -0.2) is 4.79 Å². The third kappa shape index (κ3) is 2.96. The Labute approximate surface area is 121 Å². The van der Waals surface area contributed by atoms with Crippen LogP contribution in [0.4, 0.5) is 0 Å². The van der Waals surface area contributed by atoms with Crippen molar-refractivity contribution in [3.63, 3.8) is 0 Å². The number of hydrogen-bond donors (Lipinski definition) is 4. The molecule has 1 aromatic carbocycles. The van der Waals surface area contributed by atoms with Crippen LogP contribution in [0.3, 0.4) is 0 Å². The minimum Gasteiger partial charge on any atom is -0.479 e. The summed E-state index contributed by atoms with van der Waals surface area (Å²) in [4.78, 5) is 26.2. The van der Waals surface area contributed by atoms with E-state index in [1.807, 2.05) is 12.1 Å². The zero-order valence-electron chi connectivity index (χ0n) is 11.0. The van der Waals surface area contributed by atoms with E-state index in [2.05, 4.69) is 22.9 Å². The molecule has 0 unspecified atom stereocenters. The summed E-state index contributed by atoms with van der Waals surface area (Å²) in [5.74, 6) is -1.38. The summed E-state index contributed by atoms with van der Waals surface area (Å²) in [5, 5.41) is 12.8. The highest BCUT2D eigenvalue weighted by Gasteiger charge is 2.24. The van der Waals surface area contributed by atoms with Crippen LogP contribution in [-0.4, -0.2) is 27.7 Å². The van der Waals surface area contributed by atoms with Gasteiger partial charge in [-0.3, -0.25) is 4.79 Å². The summed E-state index contributed by atoms with van der Waals surface area (Å²) in [5.41, 5.74) is 1.37. The summed E-state index contributed by atoms with van der Waals surface area (Å²) in [6.07, 6.45) is 1.78. The van der Waals surface area contributed by atoms with E-state index in [1.54, 1.807) is 25.3 Å². The van der Waals surface area contributed by atoms with Crippen LogP contribution in [0.25, 0.3) is 10.9 Å². The topological polar surface area (TPSA) is 82.2 Å². The van der Waals surface area contributed by atoms with Crippen molar-refractivity contribution in [2.75, 3.05) is 5.75 Å². The lowest BCUT2D eigenvalue weighted by atomic mass is 10.0. The normalized spacial score (nSPS) is 13.9. The molecule has 1 aromatic heterocycles. The van der Waals surface area contributed by atoms with Gasteiger partial charge in [0.15, 0.2) is 6.04 Å². The molecule has 0 aliphatic heterocycles. The summed E-state index contributed by atoms with van der Waals surface area (Å²) in [6, 6.07) is 6.11. The highest BCUT2D eigenvalue weighted by molar-refractivity contribution is 7.80. The van der Waals surface area contributed by atoms with E-state index in [0.717, 1.165) is 10.9 Å². The van der Waals surface area contributed by atoms with E-state index < -0.39 is 12.0 Å². The molecular formula is C14H16N2O3S. The molecule has 3 N–H and O–H groups in total. The van der Waals surface area contributed by atoms with E-state index in [9.17, 15) is 14.7 Å². The fraction of sp³-hybridized carbons (Fsp3) is 0.286. The molecule has 6 heteroatoms. The fourth-order valence-corrected chi connectivity index (χ4v) is 2.07. The van der Waals surface area contributed by atoms with Crippen molar-refractivity contribution in [2.24, 2.45) is 5.92 Å². The molecule has 0 aliphatic carbocycles. The number of hydrogen-bond acceptors (Lipinski definition) is 3. The van der Waals surface area contributed by atoms with Gasteiger partial charge in [-0.05, 0) is 23.1 Å². The number of carbonyl (C=O) groups is 2. The summed E-state index contributed by atoms with van der Waals surface area (Å²) in [6.45, 7) is 1.70. The first kappa shape index (κ1) is 14.5. The first-order chi connectivity index (χ1) is 9.52. The predicted molar refractivity (Wildman–Crippen MR) is 79.8 cm³/mol. The molecule has 2 atom stereocenters. The monoisotopic (exact) mass is 292 g/mol. The Morgan fingerprint density at radius 1 is 1.40 bits per heavy atom. The number of nitrogens with one attached hydrogen (secondary N) is 2. The van der Waals surface area contributed by atoms with Gasteiger partial charge in [0.25, 0.3) is 0 Å². The second kappa shape index (κ2) is 6.00. The SMILES string of the molecule is C[C@@H](CS)C(=O)N[C@@H](C(=O)O)c1ccc2cc[nH]c2c1. The van der Waals surface area contributed by atoms with E-state index in [4.69, 9.17) is 0 Å². The van der Waals surface area contributed by atoms with Crippen molar-refractivity contribution in [2.45, 2.75) is 13.0 Å². The molecule has 1 heterocycles. The zero-order valence-corrected chi connectivity index (χ0v) is 11.9. The minimum atomic E-state index is -1.09. The average molecular weight is 292 g/mol. The Kier molecular flexibility index (Phi) is 4.34. The highest BCUT2D eigenvalue weighted by Crippen LogP contribution is 2.20. The lowest BCUT2D eigenvalue weighted by Crippen LogP contribution is -2.37. The number of amides is 1. The molecule has 0 saturated heterocycles. The van der Waals surface area contributed by atoms with Crippen LogP contribution in [0, 0.1) is 5.92 Å². The maximum atomic E-state index is 11.8. The van der Waals surface area contributed by atoms with Gasteiger partial charge in [0, 0.05) is 23.4 Å². The van der Waals surface area contributed by atoms with Gasteiger partial charge in [-0.1, -0.05) is 19.1 Å². The Morgan fingerprint density at radius 2 is 2.15 bits per heavy atom. The van der Waals surface area contributed by atoms with Gasteiger partial charge in [0.1, 0.15) is 0 Å². The maximum absolute atomic E-state index is 11.8. The van der Waals surface area contributed by atoms with E-state index in [1.165, 1.54) is 0 Å². The van der Waals surface area contributed by atoms with Crippen molar-refractivity contribution in [3.05, 3.63) is 36.0 Å². The number of benzene rings is 1. The zero-order chi connectivity index (χ0) is 14.7. The van der Waals surface area contributed by atoms with Crippen LogP contribution in [-0.2, 0) is 9.59 Å². The van der Waals surface area contributed by atoms with Crippen molar-refractivity contribution in [1.29, 1.82) is 0 Å². The van der Waals surface area contributed by atoms with Gasteiger partial charge >= 0.3 is 5.97 Å². The fourth-order valence-electron chi connectivity index (χ4n) is 1.90. The van der Waals surface area contributed by atoms with Gasteiger partial charge in [-0.15, -0.1) is 0 Å². The number of carboxylic acids is 1. The Balaban J connectivity index is 2.28. The number of H-pyrrole nitrogens is 1. The number of carboxylic acid groups (broad SMARTS) is 1. The molecule has 0 radical (unpaired) electrons. The predicted octanol–water partition coefficient (Wildman–Crippen LogP) is 1.98. The molecule has 1 amide bonds. The first-order valence-electron chi connectivity index (χ1n) is 6.24. The standard InChI is InChI=1S/C14H16N2O3S/c1-8(7-20)13(17)16-12(14(18)19)10-3-2-9-4-5-15-11(9)6-10/h2-6,8,12,15,20H,7H2,1H3,(H,16,17)(H,18,19)/t8-,12+/m0/s1. The lowest BCUT2D eigenvalue weighted by molar-refractivity contribution is -0.142. The highest BCUT2D eigenvalue weighted by atomic mass is 32.1. The van der Waals surface area contributed by atoms with Crippen molar-refractivity contribution < 1.29 is 14.7 Å². The number of carbonyl (C=O) groups excluding carboxylic acids is 1. The number of aromatic amines is 1. The third-order valence-corrected chi connectivity index (χ3v) is 3.72. The van der Waals surface area contributed by atoms with Crippen LogP contribution >= 0.6 is 12.6 Å². The molecule has 0 saturated carbocycles. The average Bonchev–Trinajstić information content (AvgIpc) is 2.90. The van der Waals surface area contributed by atoms with E-state index in [-0.39, 0.29) is 11.8 Å². The number of aliphatic carboxylic acids is 1. The Bertz CT molecular complexity index is 638. The van der Waals surface area contributed by atoms with Gasteiger partial charge < -0.3 is 15.4 Å². The number of aromatic nitrogens is 1. The first-order valence-corrected chi connectivity index (χ1v) is 6.87. The van der Waals surface area contributed by atoms with Gasteiger partial charge in [0.2, 0.25) is 5.91 Å². The lowest BCUT2D eigenvalue weighted by Gasteiger charge is -2.17. The Morgan fingerprint density at radius 3 is 2.80 bits per heavy atom. The molecule has 20 heavy (non-hydrogen) atoms. The van der Waals surface area contributed by atoms with Crippen molar-refractivity contribution >= 4 is 35.4 Å². The van der Waals surface area contributed by atoms with Crippen LogP contribution in [0.15, 0.2) is 30.5 Å². The molecule has 0 bridgehead atoms. The number of fused-ring (bicyclic) bond motifs is 1. The molecule has 0 spiro atoms. The van der Waals surface area contributed by atoms with Crippen LogP contribution in [0.5, 0.6) is 0 Å². The van der Waals surface area contributed by atoms with Crippen LogP contribution < -0.4 is 5.32 Å². The van der Waals surface area contributed by atoms with Crippen LogP contribution in [0.2, 0.25) is 0 Å². The molecule has 0 fully saturated rings. The van der Waals surface area contributed by atoms with Gasteiger partial charge in [-0.2, -0.15) is 12.6 Å². The summed E-state index contributed by atoms with van der Waals surface area (Å²) >= 11 is 4.04. The minimum absolute atomic E-state index is 0.320. The van der Waals surface area contributed by atoms with Gasteiger partial charge in [0.05, 0.1) is 0 Å². The maximum Gasteiger partial charge on any atom is 0.330 e.